The number of aromatic nitrogens is 1. The second-order valence-electron chi connectivity index (χ2n) is 5.12. The molecule has 1 amide bonds. The first-order valence-corrected chi connectivity index (χ1v) is 6.50. The fourth-order valence-corrected chi connectivity index (χ4v) is 2.79. The van der Waals surface area contributed by atoms with Gasteiger partial charge in [0.2, 0.25) is 0 Å². The van der Waals surface area contributed by atoms with Gasteiger partial charge in [0.15, 0.2) is 0 Å². The predicted molar refractivity (Wildman–Crippen MR) is 75.5 cm³/mol. The van der Waals surface area contributed by atoms with E-state index in [-0.39, 0.29) is 24.4 Å². The molecular formula is C13H22ClN3O2. The Kier molecular flexibility index (Phi) is 5.38. The third kappa shape index (κ3) is 2.92. The minimum absolute atomic E-state index is 0. The SMILES string of the molecule is Cc1noc(C)c1C(=O)N1CCCC(C)C1CN.Cl. The highest BCUT2D eigenvalue weighted by molar-refractivity contribution is 5.96. The number of likely N-dealkylation sites (tertiary alicyclic amines) is 1. The third-order valence-corrected chi connectivity index (χ3v) is 3.87. The Morgan fingerprint density at radius 2 is 2.21 bits per heavy atom. The lowest BCUT2D eigenvalue weighted by atomic mass is 9.90. The van der Waals surface area contributed by atoms with Crippen molar-refractivity contribution in [1.82, 2.24) is 10.1 Å². The summed E-state index contributed by atoms with van der Waals surface area (Å²) in [6.45, 7) is 7.02. The minimum Gasteiger partial charge on any atom is -0.361 e. The van der Waals surface area contributed by atoms with Crippen LogP contribution in [0.4, 0.5) is 0 Å². The van der Waals surface area contributed by atoms with Crippen LogP contribution in [0.3, 0.4) is 0 Å². The van der Waals surface area contributed by atoms with Crippen molar-refractivity contribution in [1.29, 1.82) is 0 Å². The fourth-order valence-electron chi connectivity index (χ4n) is 2.79. The van der Waals surface area contributed by atoms with E-state index in [0.29, 0.717) is 29.5 Å². The van der Waals surface area contributed by atoms with Crippen LogP contribution in [0.1, 0.15) is 41.6 Å². The van der Waals surface area contributed by atoms with E-state index in [1.54, 1.807) is 13.8 Å². The van der Waals surface area contributed by atoms with E-state index >= 15 is 0 Å². The third-order valence-electron chi connectivity index (χ3n) is 3.87. The van der Waals surface area contributed by atoms with E-state index in [1.807, 2.05) is 4.90 Å². The molecule has 0 aromatic carbocycles. The van der Waals surface area contributed by atoms with Crippen molar-refractivity contribution in [3.05, 3.63) is 17.0 Å². The number of aryl methyl sites for hydroxylation is 2. The quantitative estimate of drug-likeness (QED) is 0.902. The molecule has 0 radical (unpaired) electrons. The zero-order valence-electron chi connectivity index (χ0n) is 11.7. The second kappa shape index (κ2) is 6.39. The molecule has 2 N–H and O–H groups in total. The van der Waals surface area contributed by atoms with Crippen molar-refractivity contribution in [2.45, 2.75) is 39.7 Å². The molecule has 19 heavy (non-hydrogen) atoms. The van der Waals surface area contributed by atoms with Gasteiger partial charge in [-0.3, -0.25) is 4.79 Å². The van der Waals surface area contributed by atoms with Gasteiger partial charge >= 0.3 is 0 Å². The fraction of sp³-hybridized carbons (Fsp3) is 0.692. The summed E-state index contributed by atoms with van der Waals surface area (Å²) in [4.78, 5) is 14.5. The number of hydrogen-bond acceptors (Lipinski definition) is 4. The average Bonchev–Trinajstić information content (AvgIpc) is 2.68. The predicted octanol–water partition coefficient (Wildman–Crippen LogP) is 1.91. The van der Waals surface area contributed by atoms with Gasteiger partial charge < -0.3 is 15.2 Å². The number of nitrogens with zero attached hydrogens (tertiary/aromatic N) is 2. The van der Waals surface area contributed by atoms with Gasteiger partial charge in [-0.15, -0.1) is 12.4 Å². The molecule has 1 saturated heterocycles. The number of rotatable bonds is 2. The summed E-state index contributed by atoms with van der Waals surface area (Å²) in [5.41, 5.74) is 7.08. The first-order valence-electron chi connectivity index (χ1n) is 6.50. The zero-order chi connectivity index (χ0) is 13.3. The first-order chi connectivity index (χ1) is 8.56. The van der Waals surface area contributed by atoms with Gasteiger partial charge in [-0.2, -0.15) is 0 Å². The smallest absolute Gasteiger partial charge is 0.259 e. The summed E-state index contributed by atoms with van der Waals surface area (Å²) >= 11 is 0. The molecule has 6 heteroatoms. The maximum atomic E-state index is 12.6. The van der Waals surface area contributed by atoms with Crippen molar-refractivity contribution >= 4 is 18.3 Å². The van der Waals surface area contributed by atoms with Crippen LogP contribution in [0.5, 0.6) is 0 Å². The second-order valence-corrected chi connectivity index (χ2v) is 5.12. The van der Waals surface area contributed by atoms with Crippen molar-refractivity contribution in [3.8, 4) is 0 Å². The van der Waals surface area contributed by atoms with E-state index in [4.69, 9.17) is 10.3 Å². The van der Waals surface area contributed by atoms with Crippen LogP contribution in [-0.2, 0) is 0 Å². The highest BCUT2D eigenvalue weighted by atomic mass is 35.5. The molecule has 0 saturated carbocycles. The molecule has 1 fully saturated rings. The monoisotopic (exact) mass is 287 g/mol. The van der Waals surface area contributed by atoms with Gasteiger partial charge in [0.25, 0.3) is 5.91 Å². The summed E-state index contributed by atoms with van der Waals surface area (Å²) in [5, 5.41) is 3.85. The largest absolute Gasteiger partial charge is 0.361 e. The lowest BCUT2D eigenvalue weighted by Crippen LogP contribution is -2.51. The highest BCUT2D eigenvalue weighted by Gasteiger charge is 2.33. The molecule has 1 aliphatic rings. The Bertz CT molecular complexity index is 428. The molecule has 2 rings (SSSR count). The topological polar surface area (TPSA) is 72.4 Å². The molecular weight excluding hydrogens is 266 g/mol. The van der Waals surface area contributed by atoms with Crippen LogP contribution in [0, 0.1) is 19.8 Å². The number of carbonyl (C=O) groups excluding carboxylic acids is 1. The first kappa shape index (κ1) is 16.0. The van der Waals surface area contributed by atoms with E-state index in [9.17, 15) is 4.79 Å². The minimum atomic E-state index is 0. The lowest BCUT2D eigenvalue weighted by molar-refractivity contribution is 0.0530. The van der Waals surface area contributed by atoms with Crippen LogP contribution in [0.2, 0.25) is 0 Å². The van der Waals surface area contributed by atoms with Crippen LogP contribution in [-0.4, -0.2) is 35.1 Å². The number of piperidine rings is 1. The Labute approximate surface area is 119 Å². The Balaban J connectivity index is 0.00000180. The summed E-state index contributed by atoms with van der Waals surface area (Å²) in [6.07, 6.45) is 2.17. The van der Waals surface area contributed by atoms with E-state index in [1.165, 1.54) is 0 Å². The number of hydrogen-bond donors (Lipinski definition) is 1. The summed E-state index contributed by atoms with van der Waals surface area (Å²) in [5.74, 6) is 1.05. The van der Waals surface area contributed by atoms with Crippen LogP contribution in [0.25, 0.3) is 0 Å². The summed E-state index contributed by atoms with van der Waals surface area (Å²) in [7, 11) is 0. The Morgan fingerprint density at radius 3 is 2.74 bits per heavy atom. The van der Waals surface area contributed by atoms with E-state index in [0.717, 1.165) is 19.4 Å². The molecule has 0 aliphatic carbocycles. The van der Waals surface area contributed by atoms with Gasteiger partial charge in [-0.1, -0.05) is 12.1 Å². The van der Waals surface area contributed by atoms with E-state index < -0.39 is 0 Å². The van der Waals surface area contributed by atoms with Gasteiger partial charge in [-0.05, 0) is 32.6 Å². The molecule has 2 heterocycles. The molecule has 1 aliphatic heterocycles. The van der Waals surface area contributed by atoms with Gasteiger partial charge in [0, 0.05) is 19.1 Å². The molecule has 108 valence electrons. The molecule has 5 nitrogen and oxygen atoms in total. The van der Waals surface area contributed by atoms with Crippen molar-refractivity contribution in [3.63, 3.8) is 0 Å². The molecule has 1 aromatic heterocycles. The zero-order valence-corrected chi connectivity index (χ0v) is 12.5. The average molecular weight is 288 g/mol. The van der Waals surface area contributed by atoms with Crippen LogP contribution < -0.4 is 5.73 Å². The van der Waals surface area contributed by atoms with Gasteiger partial charge in [0.1, 0.15) is 11.3 Å². The van der Waals surface area contributed by atoms with Crippen molar-refractivity contribution in [2.75, 3.05) is 13.1 Å². The number of carbonyl (C=O) groups is 1. The lowest BCUT2D eigenvalue weighted by Gasteiger charge is -2.39. The number of nitrogens with two attached hydrogens (primary N) is 1. The van der Waals surface area contributed by atoms with E-state index in [2.05, 4.69) is 12.1 Å². The normalized spacial score (nSPS) is 23.1. The number of amides is 1. The maximum Gasteiger partial charge on any atom is 0.259 e. The molecule has 2 atom stereocenters. The number of halogens is 1. The standard InChI is InChI=1S/C13H21N3O2.ClH/c1-8-5-4-6-16(11(8)7-14)13(17)12-9(2)15-18-10(12)3;/h8,11H,4-7,14H2,1-3H3;1H. The highest BCUT2D eigenvalue weighted by Crippen LogP contribution is 2.26. The summed E-state index contributed by atoms with van der Waals surface area (Å²) < 4.78 is 5.07. The molecule has 0 spiro atoms. The van der Waals surface area contributed by atoms with Crippen LogP contribution in [0.15, 0.2) is 4.52 Å². The van der Waals surface area contributed by atoms with Crippen LogP contribution >= 0.6 is 12.4 Å². The molecule has 0 bridgehead atoms. The Morgan fingerprint density at radius 1 is 1.53 bits per heavy atom. The van der Waals surface area contributed by atoms with Crippen molar-refractivity contribution < 1.29 is 9.32 Å². The van der Waals surface area contributed by atoms with Gasteiger partial charge in [0.05, 0.1) is 5.69 Å². The Hall–Kier alpha value is -1.07. The van der Waals surface area contributed by atoms with Crippen molar-refractivity contribution in [2.24, 2.45) is 11.7 Å². The molecule has 1 aromatic rings. The summed E-state index contributed by atoms with van der Waals surface area (Å²) in [6, 6.07) is 0.125. The molecule has 2 unspecified atom stereocenters. The van der Waals surface area contributed by atoms with Gasteiger partial charge in [-0.25, -0.2) is 0 Å². The maximum absolute atomic E-state index is 12.6.